The molecule has 0 spiro atoms. The van der Waals surface area contributed by atoms with E-state index in [2.05, 4.69) is 15.0 Å². The molecule has 0 atom stereocenters. The highest BCUT2D eigenvalue weighted by Crippen LogP contribution is 2.24. The quantitative estimate of drug-likeness (QED) is 0.800. The Kier molecular flexibility index (Phi) is 5.08. The maximum Gasteiger partial charge on any atom is 0.281 e. The number of hydrogen-bond donors (Lipinski definition) is 2. The molecule has 0 amide bonds. The summed E-state index contributed by atoms with van der Waals surface area (Å²) >= 11 is 1.55. The van der Waals surface area contributed by atoms with Gasteiger partial charge in [0.2, 0.25) is 0 Å². The molecule has 0 fully saturated rings. The third-order valence-corrected chi connectivity index (χ3v) is 4.78. The summed E-state index contributed by atoms with van der Waals surface area (Å²) in [5, 5.41) is 3.01. The maximum absolute atomic E-state index is 12.5. The largest absolute Gasteiger partial charge is 0.383 e. The Balaban J connectivity index is 2.34. The zero-order chi connectivity index (χ0) is 15.3. The Morgan fingerprint density at radius 2 is 2.05 bits per heavy atom. The Hall–Kier alpha value is -1.73. The Bertz CT molecular complexity index is 718. The molecular weight excluding hydrogens is 306 g/mol. The summed E-state index contributed by atoms with van der Waals surface area (Å²) < 4.78 is 27.5. The summed E-state index contributed by atoms with van der Waals surface area (Å²) in [7, 11) is -3.72. The van der Waals surface area contributed by atoms with Gasteiger partial charge < -0.3 is 5.32 Å². The zero-order valence-electron chi connectivity index (χ0n) is 11.8. The molecule has 1 heterocycles. The second-order valence-corrected chi connectivity index (χ2v) is 6.70. The Labute approximate surface area is 129 Å². The van der Waals surface area contributed by atoms with Crippen molar-refractivity contribution in [2.45, 2.75) is 16.8 Å². The van der Waals surface area contributed by atoms with Gasteiger partial charge in [0.1, 0.15) is 0 Å². The highest BCUT2D eigenvalue weighted by Gasteiger charge is 2.20. The van der Waals surface area contributed by atoms with Crippen molar-refractivity contribution in [1.29, 1.82) is 0 Å². The summed E-state index contributed by atoms with van der Waals surface area (Å²) in [4.78, 5) is 4.98. The van der Waals surface area contributed by atoms with Gasteiger partial charge in [0.15, 0.2) is 5.03 Å². The van der Waals surface area contributed by atoms with Crippen molar-refractivity contribution < 1.29 is 8.42 Å². The van der Waals surface area contributed by atoms with Crippen molar-refractivity contribution in [1.82, 2.24) is 4.98 Å². The third-order valence-electron chi connectivity index (χ3n) is 2.71. The van der Waals surface area contributed by atoms with Gasteiger partial charge in [-0.25, -0.2) is 4.98 Å². The van der Waals surface area contributed by atoms with E-state index < -0.39 is 10.0 Å². The monoisotopic (exact) mass is 323 g/mol. The number of hydrogen-bond acceptors (Lipinski definition) is 5. The van der Waals surface area contributed by atoms with Crippen LogP contribution >= 0.6 is 11.8 Å². The van der Waals surface area contributed by atoms with Crippen LogP contribution < -0.4 is 10.0 Å². The van der Waals surface area contributed by atoms with E-state index in [4.69, 9.17) is 0 Å². The molecule has 0 aliphatic carbocycles. The second-order valence-electron chi connectivity index (χ2n) is 4.22. The average molecular weight is 323 g/mol. The van der Waals surface area contributed by atoms with Gasteiger partial charge in [0.25, 0.3) is 10.0 Å². The average Bonchev–Trinajstić information content (AvgIpc) is 2.48. The fourth-order valence-electron chi connectivity index (χ4n) is 1.82. The van der Waals surface area contributed by atoms with Crippen LogP contribution in [0.4, 0.5) is 11.4 Å². The van der Waals surface area contributed by atoms with Crippen LogP contribution in [0, 0.1) is 0 Å². The van der Waals surface area contributed by atoms with Gasteiger partial charge >= 0.3 is 0 Å². The molecule has 2 rings (SSSR count). The lowest BCUT2D eigenvalue weighted by Crippen LogP contribution is -2.17. The summed E-state index contributed by atoms with van der Waals surface area (Å²) in [6.45, 7) is 2.52. The molecule has 1 aromatic carbocycles. The molecule has 0 bridgehead atoms. The van der Waals surface area contributed by atoms with Gasteiger partial charge in [-0.15, -0.1) is 11.8 Å². The number of aromatic nitrogens is 1. The molecule has 0 aliphatic heterocycles. The standard InChI is InChI=1S/C14H17N3O2S2/c1-3-15-13-8-5-9-16-14(13)21(18,19)17-11-6-4-7-12(10-11)20-2/h4-10,15,17H,3H2,1-2H3. The first-order valence-corrected chi connectivity index (χ1v) is 9.13. The highest BCUT2D eigenvalue weighted by molar-refractivity contribution is 7.98. The summed E-state index contributed by atoms with van der Waals surface area (Å²) in [6.07, 6.45) is 3.41. The minimum Gasteiger partial charge on any atom is -0.383 e. The van der Waals surface area contributed by atoms with E-state index in [1.54, 1.807) is 36.0 Å². The maximum atomic E-state index is 12.5. The summed E-state index contributed by atoms with van der Waals surface area (Å²) in [5.74, 6) is 0. The lowest BCUT2D eigenvalue weighted by molar-refractivity contribution is 0.598. The molecule has 112 valence electrons. The van der Waals surface area contributed by atoms with Crippen LogP contribution in [0.2, 0.25) is 0 Å². The van der Waals surface area contributed by atoms with Crippen LogP contribution in [0.5, 0.6) is 0 Å². The van der Waals surface area contributed by atoms with Crippen LogP contribution in [0.25, 0.3) is 0 Å². The van der Waals surface area contributed by atoms with Crippen molar-refractivity contribution >= 4 is 33.2 Å². The number of pyridine rings is 1. The normalized spacial score (nSPS) is 11.1. The molecular formula is C14H17N3O2S2. The molecule has 21 heavy (non-hydrogen) atoms. The van der Waals surface area contributed by atoms with E-state index in [0.717, 1.165) is 4.90 Å². The van der Waals surface area contributed by atoms with E-state index in [1.165, 1.54) is 6.20 Å². The van der Waals surface area contributed by atoms with Crippen LogP contribution in [0.1, 0.15) is 6.92 Å². The number of nitrogens with one attached hydrogen (secondary N) is 2. The van der Waals surface area contributed by atoms with E-state index in [0.29, 0.717) is 17.9 Å². The first-order valence-electron chi connectivity index (χ1n) is 6.42. The predicted octanol–water partition coefficient (Wildman–Crippen LogP) is 3.04. The number of sulfonamides is 1. The number of rotatable bonds is 6. The van der Waals surface area contributed by atoms with Gasteiger partial charge in [-0.1, -0.05) is 6.07 Å². The van der Waals surface area contributed by atoms with Gasteiger partial charge in [-0.05, 0) is 43.5 Å². The Morgan fingerprint density at radius 3 is 2.76 bits per heavy atom. The minimum absolute atomic E-state index is 0.00130. The topological polar surface area (TPSA) is 71.1 Å². The first kappa shape index (κ1) is 15.7. The Morgan fingerprint density at radius 1 is 1.24 bits per heavy atom. The molecule has 2 aromatic rings. The van der Waals surface area contributed by atoms with Crippen molar-refractivity contribution in [3.63, 3.8) is 0 Å². The van der Waals surface area contributed by atoms with Crippen LogP contribution in [0.15, 0.2) is 52.5 Å². The van der Waals surface area contributed by atoms with Crippen LogP contribution in [-0.4, -0.2) is 26.2 Å². The minimum atomic E-state index is -3.72. The lowest BCUT2D eigenvalue weighted by Gasteiger charge is -2.12. The summed E-state index contributed by atoms with van der Waals surface area (Å²) in [6, 6.07) is 10.6. The molecule has 7 heteroatoms. The molecule has 1 aromatic heterocycles. The van der Waals surface area contributed by atoms with Crippen LogP contribution in [-0.2, 0) is 10.0 Å². The third kappa shape index (κ3) is 3.89. The zero-order valence-corrected chi connectivity index (χ0v) is 13.5. The molecule has 2 N–H and O–H groups in total. The number of benzene rings is 1. The predicted molar refractivity (Wildman–Crippen MR) is 87.4 cm³/mol. The molecule has 0 aliphatic rings. The second kappa shape index (κ2) is 6.82. The molecule has 0 radical (unpaired) electrons. The molecule has 5 nitrogen and oxygen atoms in total. The van der Waals surface area contributed by atoms with Crippen molar-refractivity contribution in [2.24, 2.45) is 0 Å². The van der Waals surface area contributed by atoms with E-state index in [-0.39, 0.29) is 5.03 Å². The number of anilines is 2. The van der Waals surface area contributed by atoms with Crippen molar-refractivity contribution in [3.05, 3.63) is 42.6 Å². The van der Waals surface area contributed by atoms with Crippen molar-refractivity contribution in [2.75, 3.05) is 22.8 Å². The van der Waals surface area contributed by atoms with E-state index >= 15 is 0 Å². The fourth-order valence-corrected chi connectivity index (χ4v) is 3.44. The molecule has 0 unspecified atom stereocenters. The highest BCUT2D eigenvalue weighted by atomic mass is 32.2. The number of thioether (sulfide) groups is 1. The van der Waals surface area contributed by atoms with Gasteiger partial charge in [0, 0.05) is 23.3 Å². The lowest BCUT2D eigenvalue weighted by atomic mass is 10.3. The van der Waals surface area contributed by atoms with Gasteiger partial charge in [-0.3, -0.25) is 4.72 Å². The number of nitrogens with zero attached hydrogens (tertiary/aromatic N) is 1. The fraction of sp³-hybridized carbons (Fsp3) is 0.214. The van der Waals surface area contributed by atoms with E-state index in [9.17, 15) is 8.42 Å². The van der Waals surface area contributed by atoms with Gasteiger partial charge in [0.05, 0.1) is 5.69 Å². The van der Waals surface area contributed by atoms with Crippen LogP contribution in [0.3, 0.4) is 0 Å². The summed E-state index contributed by atoms with van der Waals surface area (Å²) in [5.41, 5.74) is 1.02. The van der Waals surface area contributed by atoms with Crippen molar-refractivity contribution in [3.8, 4) is 0 Å². The van der Waals surface area contributed by atoms with E-state index in [1.807, 2.05) is 25.3 Å². The SMILES string of the molecule is CCNc1cccnc1S(=O)(=O)Nc1cccc(SC)c1. The first-order chi connectivity index (χ1) is 10.1. The van der Waals surface area contributed by atoms with Gasteiger partial charge in [-0.2, -0.15) is 8.42 Å². The molecule has 0 saturated heterocycles. The molecule has 0 saturated carbocycles. The smallest absolute Gasteiger partial charge is 0.281 e.